The molecule has 1 aromatic carbocycles. The quantitative estimate of drug-likeness (QED) is 0.763. The van der Waals surface area contributed by atoms with Crippen molar-refractivity contribution in [3.63, 3.8) is 0 Å². The molecule has 0 saturated heterocycles. The molecule has 2 rings (SSSR count). The molecule has 0 saturated carbocycles. The molecule has 1 aromatic rings. The first-order valence-electron chi connectivity index (χ1n) is 9.58. The van der Waals surface area contributed by atoms with Crippen LogP contribution < -0.4 is 10.1 Å². The number of unbranched alkanes of at least 4 members (excludes halogenated alkanes) is 1. The molecule has 142 valence electrons. The number of fused-ring (bicyclic) bond motifs is 1. The molecule has 1 N–H and O–H groups in total. The van der Waals surface area contributed by atoms with Crippen molar-refractivity contribution in [3.8, 4) is 5.75 Å². The number of rotatable bonds is 7. The summed E-state index contributed by atoms with van der Waals surface area (Å²) >= 11 is 0. The Hall–Kier alpha value is -1.07. The molecular weight excluding hydrogens is 334 g/mol. The normalized spacial score (nSPS) is 25.4. The van der Waals surface area contributed by atoms with Gasteiger partial charge in [0.15, 0.2) is 9.84 Å². The fourth-order valence-electron chi connectivity index (χ4n) is 3.71. The second-order valence-electron chi connectivity index (χ2n) is 7.47. The Morgan fingerprint density at radius 3 is 2.56 bits per heavy atom. The smallest absolute Gasteiger partial charge is 0.180 e. The first kappa shape index (κ1) is 20.2. The third kappa shape index (κ3) is 4.56. The van der Waals surface area contributed by atoms with Crippen molar-refractivity contribution in [2.24, 2.45) is 0 Å². The van der Waals surface area contributed by atoms with E-state index >= 15 is 0 Å². The van der Waals surface area contributed by atoms with E-state index in [9.17, 15) is 8.42 Å². The topological polar surface area (TPSA) is 55.4 Å². The van der Waals surface area contributed by atoms with Crippen LogP contribution in [-0.2, 0) is 9.84 Å². The van der Waals surface area contributed by atoms with Crippen molar-refractivity contribution in [2.75, 3.05) is 5.75 Å². The van der Waals surface area contributed by atoms with Crippen LogP contribution in [0.5, 0.6) is 5.75 Å². The molecule has 1 aliphatic rings. The summed E-state index contributed by atoms with van der Waals surface area (Å²) in [5, 5.41) is 3.72. The summed E-state index contributed by atoms with van der Waals surface area (Å²) in [4.78, 5) is 0.442. The van der Waals surface area contributed by atoms with E-state index in [1.165, 1.54) is 0 Å². The van der Waals surface area contributed by atoms with E-state index in [1.807, 2.05) is 26.0 Å². The van der Waals surface area contributed by atoms with Crippen LogP contribution in [0, 0.1) is 0 Å². The summed E-state index contributed by atoms with van der Waals surface area (Å²) in [6, 6.07) is 5.60. The van der Waals surface area contributed by atoms with E-state index in [0.717, 1.165) is 37.7 Å². The lowest BCUT2D eigenvalue weighted by Gasteiger charge is -2.35. The van der Waals surface area contributed by atoms with E-state index in [1.54, 1.807) is 6.07 Å². The van der Waals surface area contributed by atoms with Gasteiger partial charge in [-0.3, -0.25) is 0 Å². The van der Waals surface area contributed by atoms with Gasteiger partial charge in [-0.05, 0) is 50.8 Å². The molecule has 5 heteroatoms. The highest BCUT2D eigenvalue weighted by molar-refractivity contribution is 7.91. The van der Waals surface area contributed by atoms with E-state index in [2.05, 4.69) is 26.1 Å². The van der Waals surface area contributed by atoms with Gasteiger partial charge in [-0.25, -0.2) is 8.42 Å². The van der Waals surface area contributed by atoms with Crippen LogP contribution in [0.1, 0.15) is 78.3 Å². The van der Waals surface area contributed by atoms with Crippen molar-refractivity contribution in [3.05, 3.63) is 23.8 Å². The zero-order valence-electron chi connectivity index (χ0n) is 16.3. The van der Waals surface area contributed by atoms with Crippen LogP contribution in [0.2, 0.25) is 0 Å². The minimum Gasteiger partial charge on any atom is -0.491 e. The third-order valence-corrected chi connectivity index (χ3v) is 7.06. The molecule has 0 fully saturated rings. The fraction of sp³-hybridized carbons (Fsp3) is 0.700. The third-order valence-electron chi connectivity index (χ3n) is 5.11. The Bertz CT molecular complexity index is 684. The van der Waals surface area contributed by atoms with Crippen LogP contribution in [0.3, 0.4) is 0 Å². The van der Waals surface area contributed by atoms with Crippen LogP contribution in [0.25, 0.3) is 0 Å². The van der Waals surface area contributed by atoms with Gasteiger partial charge in [0.25, 0.3) is 0 Å². The molecule has 0 spiro atoms. The molecule has 0 bridgehead atoms. The maximum absolute atomic E-state index is 13.2. The number of ether oxygens (including phenoxy) is 1. The highest BCUT2D eigenvalue weighted by atomic mass is 32.2. The monoisotopic (exact) mass is 367 g/mol. The van der Waals surface area contributed by atoms with Gasteiger partial charge in [0, 0.05) is 11.6 Å². The molecule has 0 aliphatic carbocycles. The summed E-state index contributed by atoms with van der Waals surface area (Å²) < 4.78 is 32.2. The minimum atomic E-state index is -3.37. The van der Waals surface area contributed by atoms with Crippen LogP contribution in [0.4, 0.5) is 0 Å². The van der Waals surface area contributed by atoms with E-state index < -0.39 is 9.84 Å². The standard InChI is InChI=1S/C20H33NO3S/c1-6-9-12-20(8-3)14-25(22,23)19-13-16(24-15(4)5)10-11-17(19)18(7-2)21-20/h10-11,13,15,18,21H,6-9,12,14H2,1-5H3. The van der Waals surface area contributed by atoms with Gasteiger partial charge in [0.1, 0.15) is 5.75 Å². The Morgan fingerprint density at radius 2 is 2.00 bits per heavy atom. The van der Waals surface area contributed by atoms with Crippen molar-refractivity contribution >= 4 is 9.84 Å². The predicted molar refractivity (Wildman–Crippen MR) is 103 cm³/mol. The average Bonchev–Trinajstić information content (AvgIpc) is 2.65. The van der Waals surface area contributed by atoms with Gasteiger partial charge in [0.2, 0.25) is 0 Å². The Labute approximate surface area is 153 Å². The molecular formula is C20H33NO3S. The molecule has 1 aliphatic heterocycles. The lowest BCUT2D eigenvalue weighted by molar-refractivity contribution is 0.241. The SMILES string of the molecule is CCCCC1(CC)CS(=O)(=O)c2cc(OC(C)C)ccc2C(CC)N1. The highest BCUT2D eigenvalue weighted by Crippen LogP contribution is 2.38. The van der Waals surface area contributed by atoms with Crippen molar-refractivity contribution in [1.82, 2.24) is 5.32 Å². The molecule has 0 amide bonds. The Morgan fingerprint density at radius 1 is 1.28 bits per heavy atom. The van der Waals surface area contributed by atoms with Crippen molar-refractivity contribution in [2.45, 2.75) is 89.3 Å². The van der Waals surface area contributed by atoms with Crippen LogP contribution >= 0.6 is 0 Å². The minimum absolute atomic E-state index is 0.0194. The Kier molecular flexibility index (Phi) is 6.55. The number of nitrogens with one attached hydrogen (secondary N) is 1. The first-order valence-corrected chi connectivity index (χ1v) is 11.2. The molecule has 4 nitrogen and oxygen atoms in total. The van der Waals surface area contributed by atoms with E-state index in [0.29, 0.717) is 10.6 Å². The van der Waals surface area contributed by atoms with Crippen LogP contribution in [-0.4, -0.2) is 25.8 Å². The van der Waals surface area contributed by atoms with Gasteiger partial charge >= 0.3 is 0 Å². The average molecular weight is 368 g/mol. The maximum atomic E-state index is 13.2. The zero-order chi connectivity index (χ0) is 18.7. The summed E-state index contributed by atoms with van der Waals surface area (Å²) in [6.45, 7) is 10.2. The Balaban J connectivity index is 2.52. The van der Waals surface area contributed by atoms with Gasteiger partial charge in [-0.1, -0.05) is 39.7 Å². The van der Waals surface area contributed by atoms with E-state index in [4.69, 9.17) is 4.74 Å². The van der Waals surface area contributed by atoms with Gasteiger partial charge in [-0.2, -0.15) is 0 Å². The summed E-state index contributed by atoms with van der Waals surface area (Å²) in [5.41, 5.74) is 0.526. The van der Waals surface area contributed by atoms with Crippen LogP contribution in [0.15, 0.2) is 23.1 Å². The maximum Gasteiger partial charge on any atom is 0.180 e. The van der Waals surface area contributed by atoms with Crippen molar-refractivity contribution < 1.29 is 13.2 Å². The predicted octanol–water partition coefficient (Wildman–Crippen LogP) is 4.64. The summed E-state index contributed by atoms with van der Waals surface area (Å²) in [6.07, 6.45) is 4.68. The van der Waals surface area contributed by atoms with Crippen molar-refractivity contribution in [1.29, 1.82) is 0 Å². The molecule has 0 aromatic heterocycles. The summed E-state index contributed by atoms with van der Waals surface area (Å²) in [7, 11) is -3.37. The lowest BCUT2D eigenvalue weighted by atomic mass is 9.89. The second kappa shape index (κ2) is 8.09. The number of benzene rings is 1. The van der Waals surface area contributed by atoms with Gasteiger partial charge in [-0.15, -0.1) is 0 Å². The number of hydrogen-bond acceptors (Lipinski definition) is 4. The lowest BCUT2D eigenvalue weighted by Crippen LogP contribution is -2.49. The largest absolute Gasteiger partial charge is 0.491 e. The molecule has 0 radical (unpaired) electrons. The summed E-state index contributed by atoms with van der Waals surface area (Å²) in [5.74, 6) is 0.787. The number of hydrogen-bond donors (Lipinski definition) is 1. The molecule has 25 heavy (non-hydrogen) atoms. The molecule has 2 atom stereocenters. The highest BCUT2D eigenvalue weighted by Gasteiger charge is 2.40. The fourth-order valence-corrected chi connectivity index (χ4v) is 5.89. The number of sulfone groups is 1. The molecule has 2 unspecified atom stereocenters. The zero-order valence-corrected chi connectivity index (χ0v) is 17.1. The second-order valence-corrected chi connectivity index (χ2v) is 9.43. The van der Waals surface area contributed by atoms with Gasteiger partial charge < -0.3 is 10.1 Å². The van der Waals surface area contributed by atoms with E-state index in [-0.39, 0.29) is 23.4 Å². The molecule has 1 heterocycles. The first-order chi connectivity index (χ1) is 11.8. The van der Waals surface area contributed by atoms with Gasteiger partial charge in [0.05, 0.1) is 16.8 Å².